The van der Waals surface area contributed by atoms with Crippen molar-refractivity contribution in [2.75, 3.05) is 33.3 Å². The number of methoxy groups -OCH3 is 1. The Balaban J connectivity index is 1.50. The van der Waals surface area contributed by atoms with E-state index in [1.165, 1.54) is 19.3 Å². The highest BCUT2D eigenvalue weighted by Gasteiger charge is 2.31. The molecule has 6 heteroatoms. The fourth-order valence-corrected chi connectivity index (χ4v) is 4.98. The van der Waals surface area contributed by atoms with Gasteiger partial charge in [-0.15, -0.1) is 0 Å². The van der Waals surface area contributed by atoms with Crippen LogP contribution < -0.4 is 4.74 Å². The summed E-state index contributed by atoms with van der Waals surface area (Å²) in [7, 11) is 1.61. The number of fused-ring (bicyclic) bond motifs is 1. The summed E-state index contributed by atoms with van der Waals surface area (Å²) in [5.74, 6) is -0.0291. The number of H-pyrrole nitrogens is 1. The van der Waals surface area contributed by atoms with Gasteiger partial charge in [0, 0.05) is 35.8 Å². The van der Waals surface area contributed by atoms with E-state index in [9.17, 15) is 9.59 Å². The zero-order chi connectivity index (χ0) is 20.9. The summed E-state index contributed by atoms with van der Waals surface area (Å²) in [6, 6.07) is 5.72. The third kappa shape index (κ3) is 4.53. The average molecular weight is 412 g/mol. The molecule has 0 atom stereocenters. The highest BCUT2D eigenvalue weighted by molar-refractivity contribution is 6.44. The van der Waals surface area contributed by atoms with Crippen molar-refractivity contribution in [1.82, 2.24) is 14.8 Å². The second-order valence-corrected chi connectivity index (χ2v) is 8.64. The predicted molar refractivity (Wildman–Crippen MR) is 118 cm³/mol. The van der Waals surface area contributed by atoms with Crippen molar-refractivity contribution in [1.29, 1.82) is 0 Å². The molecule has 2 heterocycles. The van der Waals surface area contributed by atoms with Crippen molar-refractivity contribution in [3.05, 3.63) is 30.0 Å². The average Bonchev–Trinajstić information content (AvgIpc) is 3.45. The Morgan fingerprint density at radius 3 is 2.63 bits per heavy atom. The number of rotatable bonds is 8. The van der Waals surface area contributed by atoms with Crippen LogP contribution in [0.2, 0.25) is 0 Å². The van der Waals surface area contributed by atoms with Gasteiger partial charge >= 0.3 is 0 Å². The van der Waals surface area contributed by atoms with Crippen LogP contribution in [-0.4, -0.2) is 65.8 Å². The van der Waals surface area contributed by atoms with Crippen LogP contribution >= 0.6 is 0 Å². The van der Waals surface area contributed by atoms with Crippen molar-refractivity contribution < 1.29 is 14.3 Å². The molecule has 30 heavy (non-hydrogen) atoms. The molecule has 1 N–H and O–H groups in total. The summed E-state index contributed by atoms with van der Waals surface area (Å²) in [5, 5.41) is 0.773. The highest BCUT2D eigenvalue weighted by atomic mass is 16.5. The lowest BCUT2D eigenvalue weighted by atomic mass is 9.93. The number of nitrogens with one attached hydrogen (secondary N) is 1. The Morgan fingerprint density at radius 1 is 1.13 bits per heavy atom. The van der Waals surface area contributed by atoms with Gasteiger partial charge in [0.15, 0.2) is 0 Å². The summed E-state index contributed by atoms with van der Waals surface area (Å²) in [5.41, 5.74) is 1.27. The van der Waals surface area contributed by atoms with E-state index in [2.05, 4.69) is 9.88 Å². The molecular formula is C24H33N3O3. The lowest BCUT2D eigenvalue weighted by Crippen LogP contribution is -2.46. The first-order valence-electron chi connectivity index (χ1n) is 11.4. The number of aromatic nitrogens is 1. The van der Waals surface area contributed by atoms with Gasteiger partial charge in [-0.1, -0.05) is 19.3 Å². The van der Waals surface area contributed by atoms with Crippen molar-refractivity contribution in [3.8, 4) is 5.75 Å². The van der Waals surface area contributed by atoms with Gasteiger partial charge in [-0.05, 0) is 63.9 Å². The van der Waals surface area contributed by atoms with Gasteiger partial charge in [0.25, 0.3) is 11.7 Å². The number of aromatic amines is 1. The van der Waals surface area contributed by atoms with Gasteiger partial charge in [-0.25, -0.2) is 0 Å². The number of carbonyl (C=O) groups is 2. The minimum absolute atomic E-state index is 0.194. The number of hydrogen-bond donors (Lipinski definition) is 1. The molecule has 1 aromatic heterocycles. The molecule has 6 nitrogen and oxygen atoms in total. The van der Waals surface area contributed by atoms with E-state index in [1.807, 2.05) is 23.1 Å². The number of amides is 1. The molecule has 2 fully saturated rings. The largest absolute Gasteiger partial charge is 0.497 e. The quantitative estimate of drug-likeness (QED) is 0.527. The van der Waals surface area contributed by atoms with Crippen LogP contribution in [0.1, 0.15) is 61.7 Å². The maximum absolute atomic E-state index is 13.4. The van der Waals surface area contributed by atoms with E-state index in [0.29, 0.717) is 12.1 Å². The SMILES string of the molecule is COc1ccc2c(C(=O)C(=O)N(CCCN3CCCC3)C3CCCCC3)c[nH]c2c1. The van der Waals surface area contributed by atoms with Crippen molar-refractivity contribution in [2.24, 2.45) is 0 Å². The van der Waals surface area contributed by atoms with Crippen LogP contribution in [-0.2, 0) is 4.79 Å². The van der Waals surface area contributed by atoms with Gasteiger partial charge in [-0.3, -0.25) is 9.59 Å². The molecule has 1 aliphatic carbocycles. The van der Waals surface area contributed by atoms with E-state index in [1.54, 1.807) is 13.3 Å². The van der Waals surface area contributed by atoms with Crippen LogP contribution in [0.4, 0.5) is 0 Å². The molecule has 1 saturated carbocycles. The molecule has 0 spiro atoms. The number of carbonyl (C=O) groups excluding carboxylic acids is 2. The summed E-state index contributed by atoms with van der Waals surface area (Å²) < 4.78 is 5.26. The minimum atomic E-state index is -0.404. The molecule has 1 aliphatic heterocycles. The van der Waals surface area contributed by atoms with Gasteiger partial charge in [0.2, 0.25) is 0 Å². The van der Waals surface area contributed by atoms with Crippen molar-refractivity contribution >= 4 is 22.6 Å². The fraction of sp³-hybridized carbons (Fsp3) is 0.583. The van der Waals surface area contributed by atoms with E-state index >= 15 is 0 Å². The molecule has 1 aromatic carbocycles. The maximum atomic E-state index is 13.4. The third-order valence-corrected chi connectivity index (χ3v) is 6.68. The fourth-order valence-electron chi connectivity index (χ4n) is 4.98. The van der Waals surface area contributed by atoms with Crippen LogP contribution in [0, 0.1) is 0 Å². The molecule has 0 radical (unpaired) electrons. The third-order valence-electron chi connectivity index (χ3n) is 6.68. The first kappa shape index (κ1) is 20.9. The van der Waals surface area contributed by atoms with Crippen LogP contribution in [0.15, 0.2) is 24.4 Å². The molecular weight excluding hydrogens is 378 g/mol. The summed E-state index contributed by atoms with van der Waals surface area (Å²) in [6.07, 6.45) is 10.7. The number of Topliss-reactive ketones (excluding diaryl/α,β-unsaturated/α-hetero) is 1. The summed E-state index contributed by atoms with van der Waals surface area (Å²) in [4.78, 5) is 34.1. The second kappa shape index (κ2) is 9.65. The van der Waals surface area contributed by atoms with E-state index in [0.717, 1.165) is 68.4 Å². The van der Waals surface area contributed by atoms with Crippen LogP contribution in [0.5, 0.6) is 5.75 Å². The molecule has 162 valence electrons. The first-order chi connectivity index (χ1) is 14.7. The number of benzene rings is 1. The normalized spacial score (nSPS) is 18.0. The Morgan fingerprint density at radius 2 is 1.90 bits per heavy atom. The van der Waals surface area contributed by atoms with Crippen LogP contribution in [0.3, 0.4) is 0 Å². The number of ether oxygens (including phenoxy) is 1. The monoisotopic (exact) mass is 411 g/mol. The molecule has 1 saturated heterocycles. The zero-order valence-corrected chi connectivity index (χ0v) is 18.0. The number of nitrogens with zero attached hydrogens (tertiary/aromatic N) is 2. The molecule has 2 aliphatic rings. The van der Waals surface area contributed by atoms with Gasteiger partial charge < -0.3 is 19.5 Å². The van der Waals surface area contributed by atoms with E-state index in [-0.39, 0.29) is 11.9 Å². The highest BCUT2D eigenvalue weighted by Crippen LogP contribution is 2.27. The molecule has 0 bridgehead atoms. The second-order valence-electron chi connectivity index (χ2n) is 8.64. The number of hydrogen-bond acceptors (Lipinski definition) is 4. The van der Waals surface area contributed by atoms with Gasteiger partial charge in [0.05, 0.1) is 12.7 Å². The lowest BCUT2D eigenvalue weighted by Gasteiger charge is -2.34. The topological polar surface area (TPSA) is 65.6 Å². The first-order valence-corrected chi connectivity index (χ1v) is 11.4. The van der Waals surface area contributed by atoms with Crippen LogP contribution in [0.25, 0.3) is 10.9 Å². The van der Waals surface area contributed by atoms with E-state index < -0.39 is 5.78 Å². The predicted octanol–water partition coefficient (Wildman–Crippen LogP) is 4.01. The summed E-state index contributed by atoms with van der Waals surface area (Å²) >= 11 is 0. The lowest BCUT2D eigenvalue weighted by molar-refractivity contribution is -0.129. The Bertz CT molecular complexity index is 879. The smallest absolute Gasteiger partial charge is 0.295 e. The standard InChI is InChI=1S/C24H33N3O3/c1-30-19-10-11-20-21(17-25-22(20)16-19)23(28)24(29)27(18-8-3-2-4-9-18)15-7-14-26-12-5-6-13-26/h10-11,16-18,25H,2-9,12-15H2,1H3. The zero-order valence-electron chi connectivity index (χ0n) is 18.0. The minimum Gasteiger partial charge on any atom is -0.497 e. The maximum Gasteiger partial charge on any atom is 0.295 e. The van der Waals surface area contributed by atoms with Crippen molar-refractivity contribution in [2.45, 2.75) is 57.4 Å². The van der Waals surface area contributed by atoms with E-state index in [4.69, 9.17) is 4.74 Å². The van der Waals surface area contributed by atoms with Crippen molar-refractivity contribution in [3.63, 3.8) is 0 Å². The summed E-state index contributed by atoms with van der Waals surface area (Å²) in [6.45, 7) is 4.00. The molecule has 1 amide bonds. The Kier molecular flexibility index (Phi) is 6.72. The molecule has 0 unspecified atom stereocenters. The Labute approximate surface area is 178 Å². The van der Waals surface area contributed by atoms with Gasteiger partial charge in [0.1, 0.15) is 5.75 Å². The Hall–Kier alpha value is -2.34. The molecule has 2 aromatic rings. The molecule has 4 rings (SSSR count). The number of likely N-dealkylation sites (tertiary alicyclic amines) is 1. The number of ketones is 1. The van der Waals surface area contributed by atoms with Gasteiger partial charge in [-0.2, -0.15) is 0 Å².